The van der Waals surface area contributed by atoms with E-state index in [0.29, 0.717) is 23.5 Å². The molecule has 268 valence electrons. The zero-order valence-electron chi connectivity index (χ0n) is 30.3. The van der Waals surface area contributed by atoms with Crippen molar-refractivity contribution < 1.29 is 23.8 Å². The van der Waals surface area contributed by atoms with Crippen LogP contribution in [0.1, 0.15) is 131 Å². The Bertz CT molecular complexity index is 1490. The summed E-state index contributed by atoms with van der Waals surface area (Å²) in [7, 11) is 0. The van der Waals surface area contributed by atoms with Gasteiger partial charge in [0, 0.05) is 18.9 Å². The van der Waals surface area contributed by atoms with E-state index in [-0.39, 0.29) is 12.1 Å². The number of nitrogens with zero attached hydrogens (tertiary/aromatic N) is 1. The fraction of sp³-hybridized carbons (Fsp3) is 0.455. The first-order valence-corrected chi connectivity index (χ1v) is 19.0. The molecule has 1 aromatic heterocycles. The average Bonchev–Trinajstić information content (AvgIpc) is 3.66. The smallest absolute Gasteiger partial charge is 0.343 e. The quantitative estimate of drug-likeness (QED) is 0.0419. The molecule has 0 aliphatic heterocycles. The molecule has 0 saturated heterocycles. The molecule has 3 aromatic carbocycles. The Labute approximate surface area is 300 Å². The molecule has 4 rings (SSSR count). The second-order valence-corrected chi connectivity index (χ2v) is 13.4. The maximum atomic E-state index is 12.8. The zero-order chi connectivity index (χ0) is 35.2. The number of carbonyl (C=O) groups is 2. The molecule has 1 atom stereocenters. The predicted octanol–water partition coefficient (Wildman–Crippen LogP) is 11.9. The van der Waals surface area contributed by atoms with Crippen LogP contribution in [0.4, 0.5) is 0 Å². The van der Waals surface area contributed by atoms with Gasteiger partial charge in [-0.25, -0.2) is 9.59 Å². The van der Waals surface area contributed by atoms with Gasteiger partial charge in [0.25, 0.3) is 0 Å². The van der Waals surface area contributed by atoms with Gasteiger partial charge in [0.05, 0.1) is 23.8 Å². The summed E-state index contributed by atoms with van der Waals surface area (Å²) in [5.41, 5.74) is 2.93. The standard InChI is InChI=1S/C44H57NO5/c1-3-4-5-14-19-36(2)49-43(46)39-22-20-37(21-23-39)38-24-30-42(31-25-38)50-44(47)40-26-28-41(29-27-40)48-35-18-13-11-9-7-6-8-10-12-15-32-45-33-16-17-34-45/h16-17,20-31,33-34,36H,3-15,18-19,32,35H2,1-2H3. The van der Waals surface area contributed by atoms with Crippen molar-refractivity contribution in [3.05, 3.63) is 108 Å². The minimum absolute atomic E-state index is 0.0908. The summed E-state index contributed by atoms with van der Waals surface area (Å²) < 4.78 is 19.4. The zero-order valence-corrected chi connectivity index (χ0v) is 30.3. The second-order valence-electron chi connectivity index (χ2n) is 13.4. The summed E-state index contributed by atoms with van der Waals surface area (Å²) in [4.78, 5) is 25.3. The fourth-order valence-electron chi connectivity index (χ4n) is 6.06. The van der Waals surface area contributed by atoms with Gasteiger partial charge in [-0.15, -0.1) is 0 Å². The van der Waals surface area contributed by atoms with Crippen molar-refractivity contribution in [2.24, 2.45) is 0 Å². The fourth-order valence-corrected chi connectivity index (χ4v) is 6.06. The Hall–Kier alpha value is -4.32. The van der Waals surface area contributed by atoms with Gasteiger partial charge in [-0.05, 0) is 104 Å². The number of benzene rings is 3. The van der Waals surface area contributed by atoms with E-state index in [1.807, 2.05) is 43.3 Å². The van der Waals surface area contributed by atoms with Crippen molar-refractivity contribution in [2.75, 3.05) is 6.61 Å². The monoisotopic (exact) mass is 679 g/mol. The highest BCUT2D eigenvalue weighted by Crippen LogP contribution is 2.24. The van der Waals surface area contributed by atoms with Gasteiger partial charge < -0.3 is 18.8 Å². The van der Waals surface area contributed by atoms with Crippen LogP contribution in [0.3, 0.4) is 0 Å². The second kappa shape index (κ2) is 22.4. The molecule has 0 amide bonds. The lowest BCUT2D eigenvalue weighted by atomic mass is 10.0. The van der Waals surface area contributed by atoms with Crippen molar-refractivity contribution in [3.8, 4) is 22.6 Å². The Morgan fingerprint density at radius 3 is 1.70 bits per heavy atom. The van der Waals surface area contributed by atoms with Gasteiger partial charge in [-0.3, -0.25) is 0 Å². The third-order valence-corrected chi connectivity index (χ3v) is 9.13. The molecule has 4 aromatic rings. The van der Waals surface area contributed by atoms with Crippen molar-refractivity contribution in [1.82, 2.24) is 4.57 Å². The van der Waals surface area contributed by atoms with Gasteiger partial charge in [0.15, 0.2) is 0 Å². The maximum absolute atomic E-state index is 12.8. The van der Waals surface area contributed by atoms with Gasteiger partial charge in [-0.1, -0.05) is 102 Å². The molecule has 0 aliphatic rings. The van der Waals surface area contributed by atoms with E-state index in [4.69, 9.17) is 14.2 Å². The van der Waals surface area contributed by atoms with Crippen LogP contribution in [0.15, 0.2) is 97.3 Å². The molecular weight excluding hydrogens is 622 g/mol. The normalized spacial score (nSPS) is 11.6. The molecule has 50 heavy (non-hydrogen) atoms. The average molecular weight is 680 g/mol. The molecule has 0 N–H and O–H groups in total. The summed E-state index contributed by atoms with van der Waals surface area (Å²) >= 11 is 0. The highest BCUT2D eigenvalue weighted by molar-refractivity contribution is 5.91. The largest absolute Gasteiger partial charge is 0.494 e. The van der Waals surface area contributed by atoms with E-state index >= 15 is 0 Å². The SMILES string of the molecule is CCCCCCC(C)OC(=O)c1ccc(-c2ccc(OC(=O)c3ccc(OCCCCCCCCCCCCn4cccc4)cc3)cc2)cc1. The minimum atomic E-state index is -0.413. The van der Waals surface area contributed by atoms with Crippen molar-refractivity contribution >= 4 is 11.9 Å². The number of aromatic nitrogens is 1. The first-order chi connectivity index (χ1) is 24.5. The summed E-state index contributed by atoms with van der Waals surface area (Å²) in [6.45, 7) is 5.97. The lowest BCUT2D eigenvalue weighted by Crippen LogP contribution is -2.15. The van der Waals surface area contributed by atoms with E-state index in [0.717, 1.165) is 42.7 Å². The molecule has 1 unspecified atom stereocenters. The summed E-state index contributed by atoms with van der Waals surface area (Å²) in [5.74, 6) is 0.526. The number of unbranched alkanes of at least 4 members (excludes halogenated alkanes) is 12. The molecule has 1 heterocycles. The number of ether oxygens (including phenoxy) is 3. The van der Waals surface area contributed by atoms with Crippen LogP contribution in [-0.2, 0) is 11.3 Å². The van der Waals surface area contributed by atoms with E-state index in [1.165, 1.54) is 77.0 Å². The summed E-state index contributed by atoms with van der Waals surface area (Å²) in [6, 6.07) is 26.1. The number of esters is 2. The molecular formula is C44H57NO5. The van der Waals surface area contributed by atoms with Gasteiger partial charge in [0.2, 0.25) is 0 Å². The van der Waals surface area contributed by atoms with Crippen LogP contribution in [0, 0.1) is 0 Å². The van der Waals surface area contributed by atoms with Crippen molar-refractivity contribution in [2.45, 2.75) is 123 Å². The Morgan fingerprint density at radius 1 is 0.580 bits per heavy atom. The molecule has 0 fully saturated rings. The van der Waals surface area contributed by atoms with Crippen LogP contribution >= 0.6 is 0 Å². The lowest BCUT2D eigenvalue weighted by molar-refractivity contribution is 0.0319. The summed E-state index contributed by atoms with van der Waals surface area (Å²) in [5, 5.41) is 0. The Balaban J connectivity index is 1.06. The Morgan fingerprint density at radius 2 is 1.08 bits per heavy atom. The number of carbonyl (C=O) groups excluding carboxylic acids is 2. The van der Waals surface area contributed by atoms with Gasteiger partial charge >= 0.3 is 11.9 Å². The van der Waals surface area contributed by atoms with E-state index in [2.05, 4.69) is 36.0 Å². The van der Waals surface area contributed by atoms with Gasteiger partial charge in [0.1, 0.15) is 11.5 Å². The molecule has 6 nitrogen and oxygen atoms in total. The van der Waals surface area contributed by atoms with E-state index in [1.54, 1.807) is 36.4 Å². The molecule has 0 spiro atoms. The maximum Gasteiger partial charge on any atom is 0.343 e. The number of hydrogen-bond donors (Lipinski definition) is 0. The van der Waals surface area contributed by atoms with Crippen LogP contribution in [0.25, 0.3) is 11.1 Å². The van der Waals surface area contributed by atoms with Crippen LogP contribution in [-0.4, -0.2) is 29.2 Å². The Kier molecular flexibility index (Phi) is 17.2. The van der Waals surface area contributed by atoms with Crippen LogP contribution < -0.4 is 9.47 Å². The summed E-state index contributed by atoms with van der Waals surface area (Å²) in [6.07, 6.45) is 22.5. The van der Waals surface area contributed by atoms with Crippen LogP contribution in [0.2, 0.25) is 0 Å². The first-order valence-electron chi connectivity index (χ1n) is 19.0. The highest BCUT2D eigenvalue weighted by atomic mass is 16.5. The van der Waals surface area contributed by atoms with E-state index < -0.39 is 5.97 Å². The van der Waals surface area contributed by atoms with Crippen molar-refractivity contribution in [3.63, 3.8) is 0 Å². The third kappa shape index (κ3) is 14.3. The topological polar surface area (TPSA) is 66.8 Å². The van der Waals surface area contributed by atoms with Crippen molar-refractivity contribution in [1.29, 1.82) is 0 Å². The number of rotatable bonds is 24. The number of aryl methyl sites for hydroxylation is 1. The predicted molar refractivity (Wildman–Crippen MR) is 203 cm³/mol. The minimum Gasteiger partial charge on any atom is -0.494 e. The van der Waals surface area contributed by atoms with Gasteiger partial charge in [-0.2, -0.15) is 0 Å². The molecule has 0 saturated carbocycles. The van der Waals surface area contributed by atoms with Crippen LogP contribution in [0.5, 0.6) is 11.5 Å². The molecule has 0 radical (unpaired) electrons. The van der Waals surface area contributed by atoms with E-state index in [9.17, 15) is 9.59 Å². The first kappa shape index (κ1) is 38.5. The third-order valence-electron chi connectivity index (χ3n) is 9.13. The molecule has 0 bridgehead atoms. The highest BCUT2D eigenvalue weighted by Gasteiger charge is 2.13. The molecule has 0 aliphatic carbocycles. The molecule has 6 heteroatoms. The number of hydrogen-bond acceptors (Lipinski definition) is 5. The lowest BCUT2D eigenvalue weighted by Gasteiger charge is -2.13.